The SMILES string of the molecule is CC(C)Oc1ccc(CN2C[C@@H](N)CS(=O)(=O)c3cc(F)c(-c4noc(C5CN(C)CC(F)(F)C5)n4)cc32)nc1. The molecule has 2 atom stereocenters. The lowest BCUT2D eigenvalue weighted by Gasteiger charge is -2.33. The maximum Gasteiger partial charge on any atom is 0.261 e. The summed E-state index contributed by atoms with van der Waals surface area (Å²) in [4.78, 5) is 11.6. The molecule has 0 saturated carbocycles. The van der Waals surface area contributed by atoms with Gasteiger partial charge in [0.05, 0.1) is 58.9 Å². The lowest BCUT2D eigenvalue weighted by molar-refractivity contribution is -0.0683. The third-order valence-electron chi connectivity index (χ3n) is 6.75. The molecule has 40 heavy (non-hydrogen) atoms. The molecule has 5 rings (SSSR count). The topological polar surface area (TPSA) is 128 Å². The van der Waals surface area contributed by atoms with Gasteiger partial charge in [-0.25, -0.2) is 21.6 Å². The first kappa shape index (κ1) is 28.3. The fourth-order valence-electron chi connectivity index (χ4n) is 5.21. The Labute approximate surface area is 230 Å². The van der Waals surface area contributed by atoms with Crippen molar-refractivity contribution in [3.05, 3.63) is 47.9 Å². The number of nitrogens with two attached hydrogens (primary N) is 1. The average molecular weight is 581 g/mol. The van der Waals surface area contributed by atoms with Crippen LogP contribution in [0, 0.1) is 5.82 Å². The van der Waals surface area contributed by atoms with Gasteiger partial charge in [0.15, 0.2) is 9.84 Å². The molecule has 2 N–H and O–H groups in total. The molecule has 0 amide bonds. The molecule has 1 fully saturated rings. The van der Waals surface area contributed by atoms with Gasteiger partial charge in [-0.15, -0.1) is 0 Å². The summed E-state index contributed by atoms with van der Waals surface area (Å²) in [5.41, 5.74) is 6.87. The standard InChI is InChI=1S/C26H31F3N6O4S/c1-15(2)38-19-5-4-18(31-9-19)12-35-11-17(30)13-40(36,37)23-7-21(27)20(6-22(23)35)24-32-25(39-33-24)16-8-26(28,29)14-34(3)10-16/h4-7,9,15-17H,8,10-14,30H2,1-3H3/t16?,17-/m1/s1. The Bertz CT molecular complexity index is 1480. The van der Waals surface area contributed by atoms with Gasteiger partial charge in [0.1, 0.15) is 11.6 Å². The summed E-state index contributed by atoms with van der Waals surface area (Å²) in [7, 11) is -2.35. The van der Waals surface area contributed by atoms with E-state index in [4.69, 9.17) is 15.0 Å². The number of hydrogen-bond donors (Lipinski definition) is 1. The number of rotatable bonds is 6. The van der Waals surface area contributed by atoms with E-state index < -0.39 is 40.0 Å². The largest absolute Gasteiger partial charge is 0.489 e. The van der Waals surface area contributed by atoms with Crippen molar-refractivity contribution in [2.75, 3.05) is 37.3 Å². The van der Waals surface area contributed by atoms with E-state index in [1.54, 1.807) is 30.3 Å². The minimum absolute atomic E-state index is 0.0252. The number of sulfone groups is 1. The maximum atomic E-state index is 15.4. The highest BCUT2D eigenvalue weighted by atomic mass is 32.2. The number of piperidine rings is 1. The molecule has 2 aliphatic rings. The number of halogens is 3. The van der Waals surface area contributed by atoms with Gasteiger partial charge in [-0.05, 0) is 45.2 Å². The monoisotopic (exact) mass is 580 g/mol. The predicted octanol–water partition coefficient (Wildman–Crippen LogP) is 3.23. The molecule has 4 heterocycles. The highest BCUT2D eigenvalue weighted by Crippen LogP contribution is 2.38. The number of anilines is 1. The fourth-order valence-corrected chi connectivity index (χ4v) is 6.85. The van der Waals surface area contributed by atoms with Crippen molar-refractivity contribution in [3.63, 3.8) is 0 Å². The summed E-state index contributed by atoms with van der Waals surface area (Å²) in [5.74, 6) is -4.51. The van der Waals surface area contributed by atoms with E-state index in [1.165, 1.54) is 11.0 Å². The fraction of sp³-hybridized carbons (Fsp3) is 0.500. The van der Waals surface area contributed by atoms with Crippen LogP contribution in [0.5, 0.6) is 5.75 Å². The van der Waals surface area contributed by atoms with Crippen LogP contribution in [0.4, 0.5) is 18.9 Å². The number of pyridine rings is 1. The van der Waals surface area contributed by atoms with Gasteiger partial charge in [0.25, 0.3) is 5.92 Å². The van der Waals surface area contributed by atoms with Gasteiger partial charge in [0, 0.05) is 25.6 Å². The highest BCUT2D eigenvalue weighted by Gasteiger charge is 2.42. The molecule has 216 valence electrons. The highest BCUT2D eigenvalue weighted by molar-refractivity contribution is 7.91. The maximum absolute atomic E-state index is 15.4. The van der Waals surface area contributed by atoms with Crippen molar-refractivity contribution in [1.29, 1.82) is 0 Å². The molecule has 1 aromatic carbocycles. The molecule has 0 bridgehead atoms. The predicted molar refractivity (Wildman–Crippen MR) is 141 cm³/mol. The van der Waals surface area contributed by atoms with Crippen LogP contribution in [-0.2, 0) is 16.4 Å². The molecule has 0 spiro atoms. The van der Waals surface area contributed by atoms with Crippen LogP contribution in [-0.4, -0.2) is 78.9 Å². The Morgan fingerprint density at radius 2 is 2.02 bits per heavy atom. The minimum atomic E-state index is -3.93. The Hall–Kier alpha value is -3.23. The molecular weight excluding hydrogens is 549 g/mol. The first-order valence-electron chi connectivity index (χ1n) is 12.9. The van der Waals surface area contributed by atoms with Gasteiger partial charge in [0.2, 0.25) is 11.7 Å². The summed E-state index contributed by atoms with van der Waals surface area (Å²) < 4.78 is 80.8. The normalized spacial score (nSPS) is 22.6. The van der Waals surface area contributed by atoms with E-state index in [0.29, 0.717) is 11.4 Å². The van der Waals surface area contributed by atoms with Gasteiger partial charge in [-0.2, -0.15) is 4.98 Å². The summed E-state index contributed by atoms with van der Waals surface area (Å²) in [6.45, 7) is 4.04. The van der Waals surface area contributed by atoms with Gasteiger partial charge < -0.3 is 19.9 Å². The van der Waals surface area contributed by atoms with Crippen molar-refractivity contribution in [2.24, 2.45) is 5.73 Å². The van der Waals surface area contributed by atoms with Crippen LogP contribution in [0.25, 0.3) is 11.4 Å². The van der Waals surface area contributed by atoms with E-state index in [-0.39, 0.29) is 65.9 Å². The lowest BCUT2D eigenvalue weighted by atomic mass is 9.95. The van der Waals surface area contributed by atoms with Crippen LogP contribution in [0.15, 0.2) is 39.9 Å². The van der Waals surface area contributed by atoms with Crippen LogP contribution in [0.2, 0.25) is 0 Å². The molecule has 14 heteroatoms. The first-order chi connectivity index (χ1) is 18.8. The van der Waals surface area contributed by atoms with Gasteiger partial charge in [-0.1, -0.05) is 5.16 Å². The molecule has 0 aliphatic carbocycles. The summed E-state index contributed by atoms with van der Waals surface area (Å²) in [6.07, 6.45) is 1.08. The lowest BCUT2D eigenvalue weighted by Crippen LogP contribution is -2.44. The van der Waals surface area contributed by atoms with Crippen molar-refractivity contribution in [1.82, 2.24) is 20.0 Å². The second-order valence-electron chi connectivity index (χ2n) is 10.8. The Kier molecular flexibility index (Phi) is 7.52. The number of fused-ring (bicyclic) bond motifs is 1. The van der Waals surface area contributed by atoms with E-state index in [0.717, 1.165) is 6.07 Å². The molecule has 2 aromatic heterocycles. The minimum Gasteiger partial charge on any atom is -0.489 e. The average Bonchev–Trinajstić information content (AvgIpc) is 3.30. The summed E-state index contributed by atoms with van der Waals surface area (Å²) >= 11 is 0. The zero-order chi connectivity index (χ0) is 28.8. The van der Waals surface area contributed by atoms with Crippen LogP contribution in [0.1, 0.15) is 37.8 Å². The number of hydrogen-bond acceptors (Lipinski definition) is 10. The summed E-state index contributed by atoms with van der Waals surface area (Å²) in [5, 5.41) is 3.85. The second kappa shape index (κ2) is 10.6. The summed E-state index contributed by atoms with van der Waals surface area (Å²) in [6, 6.07) is 5.05. The van der Waals surface area contributed by atoms with Crippen molar-refractivity contribution in [3.8, 4) is 17.1 Å². The van der Waals surface area contributed by atoms with Gasteiger partial charge in [-0.3, -0.25) is 9.88 Å². The third-order valence-corrected chi connectivity index (χ3v) is 8.61. The van der Waals surface area contributed by atoms with E-state index in [2.05, 4.69) is 15.1 Å². The van der Waals surface area contributed by atoms with Crippen molar-refractivity contribution < 1.29 is 30.8 Å². The van der Waals surface area contributed by atoms with E-state index >= 15 is 4.39 Å². The molecule has 0 radical (unpaired) electrons. The molecule has 1 unspecified atom stereocenters. The van der Waals surface area contributed by atoms with E-state index in [1.807, 2.05) is 13.8 Å². The van der Waals surface area contributed by atoms with Crippen LogP contribution >= 0.6 is 0 Å². The molecule has 3 aromatic rings. The second-order valence-corrected chi connectivity index (χ2v) is 12.8. The van der Waals surface area contributed by atoms with Crippen molar-refractivity contribution >= 4 is 15.5 Å². The van der Waals surface area contributed by atoms with Crippen LogP contribution in [0.3, 0.4) is 0 Å². The Morgan fingerprint density at radius 1 is 1.25 bits per heavy atom. The number of benzene rings is 1. The third kappa shape index (κ3) is 6.08. The number of ether oxygens (including phenoxy) is 1. The Balaban J connectivity index is 1.50. The number of likely N-dealkylation sites (tertiary alicyclic amines) is 1. The number of alkyl halides is 2. The van der Waals surface area contributed by atoms with Crippen LogP contribution < -0.4 is 15.4 Å². The molecule has 1 saturated heterocycles. The number of likely N-dealkylation sites (N-methyl/N-ethyl adjacent to an activating group) is 1. The zero-order valence-electron chi connectivity index (χ0n) is 22.3. The smallest absolute Gasteiger partial charge is 0.261 e. The van der Waals surface area contributed by atoms with Crippen molar-refractivity contribution in [2.45, 2.75) is 55.7 Å². The first-order valence-corrected chi connectivity index (χ1v) is 14.5. The number of aromatic nitrogens is 3. The molecular formula is C26H31F3N6O4S. The quantitative estimate of drug-likeness (QED) is 0.464. The zero-order valence-corrected chi connectivity index (χ0v) is 23.2. The molecule has 2 aliphatic heterocycles. The van der Waals surface area contributed by atoms with E-state index in [9.17, 15) is 17.2 Å². The Morgan fingerprint density at radius 3 is 2.70 bits per heavy atom. The molecule has 10 nitrogen and oxygen atoms in total. The van der Waals surface area contributed by atoms with Gasteiger partial charge >= 0.3 is 0 Å². The number of nitrogens with zero attached hydrogens (tertiary/aromatic N) is 5.